The third-order valence-corrected chi connectivity index (χ3v) is 5.90. The van der Waals surface area contributed by atoms with Gasteiger partial charge in [0.25, 0.3) is 0 Å². The number of anilines is 2. The molecule has 3 heterocycles. The van der Waals surface area contributed by atoms with Crippen LogP contribution in [0.1, 0.15) is 0 Å². The summed E-state index contributed by atoms with van der Waals surface area (Å²) in [6.07, 6.45) is 0. The Kier molecular flexibility index (Phi) is 5.15. The molecule has 0 amide bonds. The molecule has 5 rings (SSSR count). The first-order chi connectivity index (χ1) is 15.4. The average Bonchev–Trinajstić information content (AvgIpc) is 3.12. The minimum absolute atomic E-state index is 0.0140. The molecule has 0 atom stereocenters. The first-order valence-electron chi connectivity index (χ1n) is 10.1. The number of nitrogen functional groups attached to an aromatic ring is 1. The van der Waals surface area contributed by atoms with Crippen molar-refractivity contribution >= 4 is 34.4 Å². The summed E-state index contributed by atoms with van der Waals surface area (Å²) in [7, 11) is 2.07. The number of piperazine rings is 1. The maximum Gasteiger partial charge on any atom is 0.228 e. The molecular formula is C22H20ClF2N7. The summed E-state index contributed by atoms with van der Waals surface area (Å²) >= 11 is 6.05. The van der Waals surface area contributed by atoms with E-state index in [4.69, 9.17) is 22.3 Å². The van der Waals surface area contributed by atoms with E-state index in [9.17, 15) is 8.78 Å². The Morgan fingerprint density at radius 3 is 2.38 bits per heavy atom. The predicted molar refractivity (Wildman–Crippen MR) is 121 cm³/mol. The summed E-state index contributed by atoms with van der Waals surface area (Å²) in [5, 5.41) is 5.09. The summed E-state index contributed by atoms with van der Waals surface area (Å²) < 4.78 is 28.7. The van der Waals surface area contributed by atoms with Gasteiger partial charge in [-0.05, 0) is 49.5 Å². The van der Waals surface area contributed by atoms with Crippen LogP contribution in [0.25, 0.3) is 28.0 Å². The summed E-state index contributed by atoms with van der Waals surface area (Å²) in [6.45, 7) is 3.29. The number of rotatable bonds is 3. The van der Waals surface area contributed by atoms with Crippen LogP contribution in [-0.4, -0.2) is 57.9 Å². The van der Waals surface area contributed by atoms with E-state index in [2.05, 4.69) is 26.9 Å². The molecule has 0 spiro atoms. The number of aromatic nitrogens is 4. The van der Waals surface area contributed by atoms with Crippen molar-refractivity contribution in [3.05, 3.63) is 59.1 Å². The second-order valence-corrected chi connectivity index (χ2v) is 8.17. The van der Waals surface area contributed by atoms with E-state index in [0.29, 0.717) is 39.7 Å². The smallest absolute Gasteiger partial charge is 0.228 e. The molecule has 32 heavy (non-hydrogen) atoms. The van der Waals surface area contributed by atoms with Gasteiger partial charge in [-0.1, -0.05) is 11.6 Å². The fourth-order valence-electron chi connectivity index (χ4n) is 3.78. The van der Waals surface area contributed by atoms with Gasteiger partial charge in [-0.25, -0.2) is 18.4 Å². The Morgan fingerprint density at radius 2 is 1.69 bits per heavy atom. The minimum Gasteiger partial charge on any atom is -0.383 e. The molecule has 2 aromatic heterocycles. The van der Waals surface area contributed by atoms with Crippen molar-refractivity contribution in [1.29, 1.82) is 0 Å². The van der Waals surface area contributed by atoms with Crippen molar-refractivity contribution in [3.8, 4) is 16.9 Å². The van der Waals surface area contributed by atoms with Crippen LogP contribution in [-0.2, 0) is 0 Å². The maximum atomic E-state index is 13.8. The molecule has 0 bridgehead atoms. The van der Waals surface area contributed by atoms with Gasteiger partial charge < -0.3 is 15.5 Å². The molecule has 4 aromatic rings. The number of hydrogen-bond acceptors (Lipinski definition) is 6. The number of likely N-dealkylation sites (N-methyl/N-ethyl adjacent to an activating group) is 1. The zero-order valence-corrected chi connectivity index (χ0v) is 18.0. The van der Waals surface area contributed by atoms with Crippen LogP contribution < -0.4 is 10.6 Å². The molecule has 164 valence electrons. The molecule has 0 radical (unpaired) electrons. The van der Waals surface area contributed by atoms with Crippen LogP contribution in [0, 0.1) is 11.6 Å². The Labute approximate surface area is 188 Å². The van der Waals surface area contributed by atoms with Gasteiger partial charge in [0.2, 0.25) is 5.95 Å². The SMILES string of the molecule is CN1CCN(c2nc(-c3ccc(F)c(Cl)c3)c3c(N)n(-c4ccc(F)cc4)nc3n2)CC1. The first-order valence-corrected chi connectivity index (χ1v) is 10.5. The highest BCUT2D eigenvalue weighted by Gasteiger charge is 2.23. The zero-order chi connectivity index (χ0) is 22.4. The van der Waals surface area contributed by atoms with Gasteiger partial charge in [0.05, 0.1) is 21.8 Å². The van der Waals surface area contributed by atoms with Gasteiger partial charge in [0, 0.05) is 31.7 Å². The molecule has 0 aliphatic carbocycles. The molecule has 1 aliphatic rings. The third-order valence-electron chi connectivity index (χ3n) is 5.61. The van der Waals surface area contributed by atoms with Crippen LogP contribution in [0.4, 0.5) is 20.5 Å². The molecule has 2 N–H and O–H groups in total. The largest absolute Gasteiger partial charge is 0.383 e. The van der Waals surface area contributed by atoms with E-state index < -0.39 is 5.82 Å². The van der Waals surface area contributed by atoms with Crippen LogP contribution in [0.2, 0.25) is 5.02 Å². The lowest BCUT2D eigenvalue weighted by atomic mass is 10.1. The first kappa shape index (κ1) is 20.6. The Bertz CT molecular complexity index is 1300. The second kappa shape index (κ2) is 7.99. The number of nitrogens with two attached hydrogens (primary N) is 1. The number of halogens is 3. The summed E-state index contributed by atoms with van der Waals surface area (Å²) in [5.41, 5.74) is 8.56. The Hall–Kier alpha value is -3.30. The lowest BCUT2D eigenvalue weighted by molar-refractivity contribution is 0.311. The molecule has 1 fully saturated rings. The molecule has 2 aromatic carbocycles. The van der Waals surface area contributed by atoms with E-state index in [1.54, 1.807) is 18.2 Å². The standard InChI is InChI=1S/C22H20ClF2N7/c1-30-8-10-31(11-9-30)22-27-19(13-2-7-17(25)16(23)12-13)18-20(26)32(29-21(18)28-22)15-5-3-14(24)4-6-15/h2-7,12H,8-11,26H2,1H3. The Morgan fingerprint density at radius 1 is 0.969 bits per heavy atom. The van der Waals surface area contributed by atoms with Crippen LogP contribution in [0.15, 0.2) is 42.5 Å². The van der Waals surface area contributed by atoms with Gasteiger partial charge in [0.15, 0.2) is 5.65 Å². The number of fused-ring (bicyclic) bond motifs is 1. The molecule has 1 saturated heterocycles. The maximum absolute atomic E-state index is 13.8. The highest BCUT2D eigenvalue weighted by Crippen LogP contribution is 2.35. The molecule has 10 heteroatoms. The summed E-state index contributed by atoms with van der Waals surface area (Å²) in [5.74, 6) is -0.0606. The van der Waals surface area contributed by atoms with E-state index in [0.717, 1.165) is 26.2 Å². The van der Waals surface area contributed by atoms with Crippen LogP contribution in [0.3, 0.4) is 0 Å². The highest BCUT2D eigenvalue weighted by atomic mass is 35.5. The number of nitrogens with zero attached hydrogens (tertiary/aromatic N) is 6. The fourth-order valence-corrected chi connectivity index (χ4v) is 3.96. The lowest BCUT2D eigenvalue weighted by Crippen LogP contribution is -2.45. The molecule has 7 nitrogen and oxygen atoms in total. The van der Waals surface area contributed by atoms with Gasteiger partial charge in [0.1, 0.15) is 17.5 Å². The van der Waals surface area contributed by atoms with Crippen LogP contribution in [0.5, 0.6) is 0 Å². The van der Waals surface area contributed by atoms with Crippen LogP contribution >= 0.6 is 11.6 Å². The van der Waals surface area contributed by atoms with Crippen molar-refractivity contribution in [2.75, 3.05) is 43.9 Å². The van der Waals surface area contributed by atoms with Crippen molar-refractivity contribution < 1.29 is 8.78 Å². The van der Waals surface area contributed by atoms with Gasteiger partial charge in [-0.15, -0.1) is 5.10 Å². The molecular weight excluding hydrogens is 436 g/mol. The third kappa shape index (κ3) is 3.63. The molecule has 0 unspecified atom stereocenters. The van der Waals surface area contributed by atoms with E-state index >= 15 is 0 Å². The average molecular weight is 456 g/mol. The van der Waals surface area contributed by atoms with Crippen molar-refractivity contribution in [2.24, 2.45) is 0 Å². The second-order valence-electron chi connectivity index (χ2n) is 7.76. The van der Waals surface area contributed by atoms with Crippen molar-refractivity contribution in [3.63, 3.8) is 0 Å². The fraction of sp³-hybridized carbons (Fsp3) is 0.227. The van der Waals surface area contributed by atoms with E-state index in [1.165, 1.54) is 28.9 Å². The van der Waals surface area contributed by atoms with Crippen molar-refractivity contribution in [1.82, 2.24) is 24.6 Å². The van der Waals surface area contributed by atoms with Gasteiger partial charge in [-0.2, -0.15) is 4.98 Å². The van der Waals surface area contributed by atoms with E-state index in [-0.39, 0.29) is 10.8 Å². The normalized spacial score (nSPS) is 14.9. The zero-order valence-electron chi connectivity index (χ0n) is 17.3. The summed E-state index contributed by atoms with van der Waals surface area (Å²) in [4.78, 5) is 13.8. The number of benzene rings is 2. The number of hydrogen-bond donors (Lipinski definition) is 1. The monoisotopic (exact) mass is 455 g/mol. The molecule has 1 aliphatic heterocycles. The van der Waals surface area contributed by atoms with Crippen molar-refractivity contribution in [2.45, 2.75) is 0 Å². The Balaban J connectivity index is 1.72. The minimum atomic E-state index is -0.519. The lowest BCUT2D eigenvalue weighted by Gasteiger charge is -2.32. The van der Waals surface area contributed by atoms with Gasteiger partial charge >= 0.3 is 0 Å². The van der Waals surface area contributed by atoms with E-state index in [1.807, 2.05) is 0 Å². The van der Waals surface area contributed by atoms with Gasteiger partial charge in [-0.3, -0.25) is 0 Å². The molecule has 0 saturated carbocycles. The predicted octanol–water partition coefficient (Wildman–Crippen LogP) is 3.75. The quantitative estimate of drug-likeness (QED) is 0.507. The topological polar surface area (TPSA) is 76.1 Å². The highest BCUT2D eigenvalue weighted by molar-refractivity contribution is 6.31. The summed E-state index contributed by atoms with van der Waals surface area (Å²) in [6, 6.07) is 10.3.